The van der Waals surface area contributed by atoms with E-state index in [2.05, 4.69) is 15.3 Å². The average molecular weight is 266 g/mol. The van der Waals surface area contributed by atoms with Gasteiger partial charge < -0.3 is 9.88 Å². The van der Waals surface area contributed by atoms with Gasteiger partial charge in [-0.15, -0.1) is 0 Å². The summed E-state index contributed by atoms with van der Waals surface area (Å²) in [7, 11) is 1.95. The molecule has 0 aliphatic rings. The van der Waals surface area contributed by atoms with Gasteiger partial charge >= 0.3 is 0 Å². The zero-order chi connectivity index (χ0) is 13.9. The first-order valence-electron chi connectivity index (χ1n) is 6.34. The summed E-state index contributed by atoms with van der Waals surface area (Å²) in [5.74, 6) is 0.702. The molecule has 5 nitrogen and oxygen atoms in total. The van der Waals surface area contributed by atoms with Crippen molar-refractivity contribution in [1.82, 2.24) is 19.9 Å². The number of benzene rings is 1. The standard InChI is InChI=1S/C15H14N4O/c1-19-13-5-3-2-4-12(13)18-14(19)10-17-15(20)11-6-8-16-9-7-11/h2-9H,10H2,1H3,(H,17,20). The zero-order valence-corrected chi connectivity index (χ0v) is 11.1. The summed E-state index contributed by atoms with van der Waals surface area (Å²) in [6.45, 7) is 0.395. The van der Waals surface area contributed by atoms with E-state index in [1.807, 2.05) is 35.9 Å². The van der Waals surface area contributed by atoms with Gasteiger partial charge in [-0.25, -0.2) is 4.98 Å². The minimum absolute atomic E-state index is 0.126. The molecule has 1 N–H and O–H groups in total. The van der Waals surface area contributed by atoms with Gasteiger partial charge in [-0.3, -0.25) is 9.78 Å². The van der Waals surface area contributed by atoms with Gasteiger partial charge in [0.2, 0.25) is 0 Å². The van der Waals surface area contributed by atoms with E-state index < -0.39 is 0 Å². The zero-order valence-electron chi connectivity index (χ0n) is 11.1. The third kappa shape index (κ3) is 2.25. The Kier molecular flexibility index (Phi) is 3.16. The number of para-hydroxylation sites is 2. The number of pyridine rings is 1. The molecular weight excluding hydrogens is 252 g/mol. The summed E-state index contributed by atoms with van der Waals surface area (Å²) in [5.41, 5.74) is 2.59. The Labute approximate surface area is 116 Å². The summed E-state index contributed by atoms with van der Waals surface area (Å²) in [5, 5.41) is 2.87. The van der Waals surface area contributed by atoms with Gasteiger partial charge in [0, 0.05) is 25.0 Å². The molecule has 0 radical (unpaired) electrons. The van der Waals surface area contributed by atoms with E-state index >= 15 is 0 Å². The molecule has 2 heterocycles. The van der Waals surface area contributed by atoms with Crippen molar-refractivity contribution in [2.24, 2.45) is 7.05 Å². The molecule has 0 atom stereocenters. The second-order valence-electron chi connectivity index (χ2n) is 4.49. The molecular formula is C15H14N4O. The molecule has 0 saturated carbocycles. The third-order valence-corrected chi connectivity index (χ3v) is 3.23. The fourth-order valence-corrected chi connectivity index (χ4v) is 2.12. The van der Waals surface area contributed by atoms with E-state index in [0.29, 0.717) is 12.1 Å². The van der Waals surface area contributed by atoms with Crippen LogP contribution in [0.4, 0.5) is 0 Å². The van der Waals surface area contributed by atoms with E-state index in [1.165, 1.54) is 0 Å². The number of hydrogen-bond donors (Lipinski definition) is 1. The molecule has 0 fully saturated rings. The number of rotatable bonds is 3. The highest BCUT2D eigenvalue weighted by Crippen LogP contribution is 2.13. The molecule has 0 spiro atoms. The molecule has 0 aliphatic heterocycles. The topological polar surface area (TPSA) is 59.8 Å². The first kappa shape index (κ1) is 12.3. The number of nitrogens with one attached hydrogen (secondary N) is 1. The predicted molar refractivity (Wildman–Crippen MR) is 76.1 cm³/mol. The number of carbonyl (C=O) groups is 1. The van der Waals surface area contributed by atoms with Crippen LogP contribution in [0.25, 0.3) is 11.0 Å². The number of nitrogens with zero attached hydrogens (tertiary/aromatic N) is 3. The quantitative estimate of drug-likeness (QED) is 0.787. The lowest BCUT2D eigenvalue weighted by molar-refractivity contribution is 0.0949. The van der Waals surface area contributed by atoms with Crippen molar-refractivity contribution in [2.45, 2.75) is 6.54 Å². The maximum atomic E-state index is 12.0. The Morgan fingerprint density at radius 3 is 2.70 bits per heavy atom. The van der Waals surface area contributed by atoms with Crippen LogP contribution in [-0.4, -0.2) is 20.4 Å². The number of hydrogen-bond acceptors (Lipinski definition) is 3. The SMILES string of the molecule is Cn1c(CNC(=O)c2ccncc2)nc2ccccc21. The molecule has 3 aromatic rings. The summed E-state index contributed by atoms with van der Waals surface area (Å²) < 4.78 is 1.99. The van der Waals surface area contributed by atoms with Gasteiger partial charge in [0.1, 0.15) is 5.82 Å². The number of aryl methyl sites for hydroxylation is 1. The Hall–Kier alpha value is -2.69. The maximum Gasteiger partial charge on any atom is 0.251 e. The number of carbonyl (C=O) groups excluding carboxylic acids is 1. The molecule has 0 saturated heterocycles. The molecule has 100 valence electrons. The maximum absolute atomic E-state index is 12.0. The monoisotopic (exact) mass is 266 g/mol. The van der Waals surface area contributed by atoms with E-state index in [4.69, 9.17) is 0 Å². The van der Waals surface area contributed by atoms with Gasteiger partial charge in [0.25, 0.3) is 5.91 Å². The molecule has 5 heteroatoms. The fourth-order valence-electron chi connectivity index (χ4n) is 2.12. The average Bonchev–Trinajstić information content (AvgIpc) is 2.83. The Balaban J connectivity index is 1.77. The van der Waals surface area contributed by atoms with Crippen molar-refractivity contribution in [3.63, 3.8) is 0 Å². The third-order valence-electron chi connectivity index (χ3n) is 3.23. The van der Waals surface area contributed by atoms with Crippen molar-refractivity contribution in [3.05, 3.63) is 60.2 Å². The van der Waals surface area contributed by atoms with Crippen molar-refractivity contribution in [2.75, 3.05) is 0 Å². The van der Waals surface area contributed by atoms with Gasteiger partial charge in [0.05, 0.1) is 17.6 Å². The van der Waals surface area contributed by atoms with Crippen LogP contribution in [0.1, 0.15) is 16.2 Å². The molecule has 20 heavy (non-hydrogen) atoms. The van der Waals surface area contributed by atoms with Crippen LogP contribution in [0.5, 0.6) is 0 Å². The smallest absolute Gasteiger partial charge is 0.251 e. The van der Waals surface area contributed by atoms with Gasteiger partial charge in [-0.05, 0) is 24.3 Å². The van der Waals surface area contributed by atoms with Crippen LogP contribution in [0.3, 0.4) is 0 Å². The fraction of sp³-hybridized carbons (Fsp3) is 0.133. The summed E-state index contributed by atoms with van der Waals surface area (Å²) in [6, 6.07) is 11.3. The largest absolute Gasteiger partial charge is 0.345 e. The van der Waals surface area contributed by atoms with Crippen molar-refractivity contribution in [1.29, 1.82) is 0 Å². The molecule has 0 unspecified atom stereocenters. The minimum atomic E-state index is -0.126. The van der Waals surface area contributed by atoms with Crippen LogP contribution in [-0.2, 0) is 13.6 Å². The van der Waals surface area contributed by atoms with Gasteiger partial charge in [-0.2, -0.15) is 0 Å². The summed E-state index contributed by atoms with van der Waals surface area (Å²) in [6.07, 6.45) is 3.20. The second kappa shape index (κ2) is 5.13. The number of fused-ring (bicyclic) bond motifs is 1. The second-order valence-corrected chi connectivity index (χ2v) is 4.49. The van der Waals surface area contributed by atoms with E-state index in [0.717, 1.165) is 16.9 Å². The molecule has 1 aromatic carbocycles. The van der Waals surface area contributed by atoms with Crippen molar-refractivity contribution in [3.8, 4) is 0 Å². The van der Waals surface area contributed by atoms with Gasteiger partial charge in [-0.1, -0.05) is 12.1 Å². The molecule has 0 bridgehead atoms. The van der Waals surface area contributed by atoms with E-state index in [-0.39, 0.29) is 5.91 Å². The van der Waals surface area contributed by atoms with Crippen LogP contribution >= 0.6 is 0 Å². The van der Waals surface area contributed by atoms with E-state index in [1.54, 1.807) is 24.5 Å². The molecule has 3 rings (SSSR count). The lowest BCUT2D eigenvalue weighted by atomic mass is 10.2. The number of amides is 1. The highest BCUT2D eigenvalue weighted by molar-refractivity contribution is 5.93. The first-order chi connectivity index (χ1) is 9.75. The van der Waals surface area contributed by atoms with Gasteiger partial charge in [0.15, 0.2) is 0 Å². The van der Waals surface area contributed by atoms with E-state index in [9.17, 15) is 4.79 Å². The summed E-state index contributed by atoms with van der Waals surface area (Å²) in [4.78, 5) is 20.4. The highest BCUT2D eigenvalue weighted by atomic mass is 16.1. The molecule has 2 aromatic heterocycles. The normalized spacial score (nSPS) is 10.7. The minimum Gasteiger partial charge on any atom is -0.345 e. The van der Waals surface area contributed by atoms with Crippen LogP contribution in [0.2, 0.25) is 0 Å². The lowest BCUT2D eigenvalue weighted by Gasteiger charge is -2.05. The highest BCUT2D eigenvalue weighted by Gasteiger charge is 2.09. The first-order valence-corrected chi connectivity index (χ1v) is 6.34. The molecule has 0 aliphatic carbocycles. The lowest BCUT2D eigenvalue weighted by Crippen LogP contribution is -2.24. The molecule has 1 amide bonds. The predicted octanol–water partition coefficient (Wildman–Crippen LogP) is 1.90. The Morgan fingerprint density at radius 2 is 1.95 bits per heavy atom. The van der Waals surface area contributed by atoms with Crippen LogP contribution in [0, 0.1) is 0 Å². The number of imidazole rings is 1. The summed E-state index contributed by atoms with van der Waals surface area (Å²) >= 11 is 0. The van der Waals surface area contributed by atoms with Crippen molar-refractivity contribution >= 4 is 16.9 Å². The number of aromatic nitrogens is 3. The Bertz CT molecular complexity index is 749. The Morgan fingerprint density at radius 1 is 1.20 bits per heavy atom. The van der Waals surface area contributed by atoms with Crippen LogP contribution < -0.4 is 5.32 Å². The van der Waals surface area contributed by atoms with Crippen LogP contribution in [0.15, 0.2) is 48.8 Å². The van der Waals surface area contributed by atoms with Crippen molar-refractivity contribution < 1.29 is 4.79 Å².